The number of carboxylic acids is 1. The number of benzene rings is 1. The van der Waals surface area contributed by atoms with Gasteiger partial charge < -0.3 is 20.1 Å². The fourth-order valence-electron chi connectivity index (χ4n) is 4.30. The maximum Gasteiger partial charge on any atom is 0.573 e. The number of urea groups is 1. The molecule has 2 aliphatic heterocycles. The van der Waals surface area contributed by atoms with Crippen LogP contribution in [0.4, 0.5) is 42.5 Å². The number of carbonyl (C=O) groups excluding carboxylic acids is 3. The number of nitrogens with one attached hydrogen (secondary N) is 1. The first-order valence-electron chi connectivity index (χ1n) is 12.7. The van der Waals surface area contributed by atoms with E-state index in [9.17, 15) is 40.7 Å². The summed E-state index contributed by atoms with van der Waals surface area (Å²) in [5.74, 6) is -4.49. The van der Waals surface area contributed by atoms with E-state index >= 15 is 0 Å². The van der Waals surface area contributed by atoms with E-state index in [1.54, 1.807) is 38.4 Å². The van der Waals surface area contributed by atoms with Crippen LogP contribution < -0.4 is 15.0 Å². The van der Waals surface area contributed by atoms with Gasteiger partial charge >= 0.3 is 24.5 Å². The summed E-state index contributed by atoms with van der Waals surface area (Å²) in [6, 6.07) is 6.10. The van der Waals surface area contributed by atoms with Crippen LogP contribution in [-0.2, 0) is 20.9 Å². The molecule has 0 spiro atoms. The number of alkyl halides is 6. The number of likely N-dealkylation sites (tertiary alicyclic amines) is 1. The van der Waals surface area contributed by atoms with Crippen molar-refractivity contribution >= 4 is 35.2 Å². The predicted octanol–water partition coefficient (Wildman–Crippen LogP) is 4.40. The van der Waals surface area contributed by atoms with Gasteiger partial charge in [0, 0.05) is 18.9 Å². The summed E-state index contributed by atoms with van der Waals surface area (Å²) in [7, 11) is 0. The number of imide groups is 1. The van der Waals surface area contributed by atoms with Crippen molar-refractivity contribution in [2.24, 2.45) is 0 Å². The number of aliphatic carboxylic acids is 1. The van der Waals surface area contributed by atoms with E-state index in [0.29, 0.717) is 0 Å². The van der Waals surface area contributed by atoms with E-state index in [0.717, 1.165) is 48.5 Å². The summed E-state index contributed by atoms with van der Waals surface area (Å²) >= 11 is 0. The number of carbonyl (C=O) groups is 4. The van der Waals surface area contributed by atoms with Crippen LogP contribution in [-0.4, -0.2) is 81.4 Å². The van der Waals surface area contributed by atoms with E-state index < -0.39 is 47.6 Å². The van der Waals surface area contributed by atoms with Gasteiger partial charge in [0.25, 0.3) is 5.91 Å². The lowest BCUT2D eigenvalue weighted by atomic mass is 10.0. The number of carboxylic acid groups (broad SMARTS) is 1. The summed E-state index contributed by atoms with van der Waals surface area (Å²) in [5.41, 5.74) is -0.744. The van der Waals surface area contributed by atoms with Crippen LogP contribution in [0.25, 0.3) is 0 Å². The van der Waals surface area contributed by atoms with E-state index in [1.165, 1.54) is 11.0 Å². The van der Waals surface area contributed by atoms with Gasteiger partial charge in [-0.2, -0.15) is 13.2 Å². The molecule has 0 saturated carbocycles. The van der Waals surface area contributed by atoms with Gasteiger partial charge in [0.05, 0.1) is 17.9 Å². The van der Waals surface area contributed by atoms with E-state index in [1.807, 2.05) is 4.90 Å². The normalized spacial score (nSPS) is 17.0. The lowest BCUT2D eigenvalue weighted by Crippen LogP contribution is -2.43. The molecular formula is C26H27F6N5O6. The highest BCUT2D eigenvalue weighted by Gasteiger charge is 2.52. The zero-order valence-corrected chi connectivity index (χ0v) is 22.8. The molecule has 0 radical (unpaired) electrons. The van der Waals surface area contributed by atoms with Crippen LogP contribution in [0.15, 0.2) is 42.7 Å². The minimum Gasteiger partial charge on any atom is -0.475 e. The number of hydrogen-bond donors (Lipinski definition) is 2. The number of rotatable bonds is 7. The second-order valence-electron chi connectivity index (χ2n) is 9.99. The van der Waals surface area contributed by atoms with E-state index in [-0.39, 0.29) is 24.5 Å². The van der Waals surface area contributed by atoms with E-state index in [4.69, 9.17) is 9.90 Å². The highest BCUT2D eigenvalue weighted by atomic mass is 19.4. The van der Waals surface area contributed by atoms with Crippen molar-refractivity contribution in [3.8, 4) is 5.75 Å². The first-order chi connectivity index (χ1) is 19.9. The maximum atomic E-state index is 13.3. The van der Waals surface area contributed by atoms with Crippen molar-refractivity contribution in [3.63, 3.8) is 0 Å². The van der Waals surface area contributed by atoms with Crippen molar-refractivity contribution in [2.75, 3.05) is 29.9 Å². The van der Waals surface area contributed by atoms with Crippen LogP contribution in [0.2, 0.25) is 0 Å². The Morgan fingerprint density at radius 3 is 2.14 bits per heavy atom. The lowest BCUT2D eigenvalue weighted by molar-refractivity contribution is -0.274. The van der Waals surface area contributed by atoms with Gasteiger partial charge in [-0.05, 0) is 75.7 Å². The smallest absolute Gasteiger partial charge is 0.475 e. The minimum absolute atomic E-state index is 0.00397. The zero-order chi connectivity index (χ0) is 32.2. The average Bonchev–Trinajstić information content (AvgIpc) is 3.46. The molecule has 43 heavy (non-hydrogen) atoms. The van der Waals surface area contributed by atoms with Gasteiger partial charge in [0.2, 0.25) is 5.91 Å². The van der Waals surface area contributed by atoms with Gasteiger partial charge in [-0.1, -0.05) is 0 Å². The molecule has 234 valence electrons. The van der Waals surface area contributed by atoms with Crippen LogP contribution in [0.5, 0.6) is 5.75 Å². The molecule has 3 heterocycles. The topological polar surface area (TPSA) is 132 Å². The molecule has 2 N–H and O–H groups in total. The highest BCUT2D eigenvalue weighted by molar-refractivity contribution is 6.23. The molecule has 4 amide bonds. The fraction of sp³-hybridized carbons (Fsp3) is 0.423. The van der Waals surface area contributed by atoms with Crippen molar-refractivity contribution in [1.82, 2.24) is 14.8 Å². The number of nitrogens with zero attached hydrogens (tertiary/aromatic N) is 4. The number of ether oxygens (including phenoxy) is 1. The van der Waals surface area contributed by atoms with Gasteiger partial charge in [0.1, 0.15) is 5.54 Å². The molecule has 2 fully saturated rings. The van der Waals surface area contributed by atoms with Crippen LogP contribution in [0.3, 0.4) is 0 Å². The van der Waals surface area contributed by atoms with Crippen molar-refractivity contribution < 1.29 is 55.4 Å². The summed E-state index contributed by atoms with van der Waals surface area (Å²) in [4.78, 5) is 56.1. The summed E-state index contributed by atoms with van der Waals surface area (Å²) in [6.07, 6.45) is -5.07. The molecule has 0 unspecified atom stereocenters. The van der Waals surface area contributed by atoms with Crippen molar-refractivity contribution in [1.29, 1.82) is 0 Å². The summed E-state index contributed by atoms with van der Waals surface area (Å²) < 4.78 is 74.8. The average molecular weight is 620 g/mol. The number of amides is 4. The SMILES string of the molecule is CC1(C)C(=O)N(c2ccc(OC(F)(F)F)c(NC(=O)CN3CCCC3)c2)C(=O)N1Cc1ccncc1.O=C(O)C(F)(F)F. The van der Waals surface area contributed by atoms with Gasteiger partial charge in [-0.15, -0.1) is 13.2 Å². The predicted molar refractivity (Wildman–Crippen MR) is 138 cm³/mol. The fourth-order valence-corrected chi connectivity index (χ4v) is 4.30. The Morgan fingerprint density at radius 2 is 1.60 bits per heavy atom. The van der Waals surface area contributed by atoms with Crippen molar-refractivity contribution in [2.45, 2.75) is 51.3 Å². The first-order valence-corrected chi connectivity index (χ1v) is 12.7. The Kier molecular flexibility index (Phi) is 9.89. The number of halogens is 6. The quantitative estimate of drug-likeness (QED) is 0.345. The standard InChI is InChI=1S/C24H26F3N5O4.C2HF3O2/c1-23(2)21(34)32(22(35)31(23)14-16-7-9-28-10-8-16)17-5-6-19(36-24(25,26)27)18(13-17)29-20(33)15-30-11-3-4-12-30;3-2(4,5)1(6)7/h5-10,13H,3-4,11-12,14-15H2,1-2H3,(H,29,33);(H,6,7). The third kappa shape index (κ3) is 8.56. The first kappa shape index (κ1) is 33.1. The molecule has 2 saturated heterocycles. The monoisotopic (exact) mass is 619 g/mol. The van der Waals surface area contributed by atoms with E-state index in [2.05, 4.69) is 15.0 Å². The molecule has 11 nitrogen and oxygen atoms in total. The molecular weight excluding hydrogens is 592 g/mol. The molecule has 0 atom stereocenters. The van der Waals surface area contributed by atoms with Crippen LogP contribution in [0, 0.1) is 0 Å². The molecule has 1 aromatic heterocycles. The second kappa shape index (κ2) is 12.8. The number of anilines is 2. The largest absolute Gasteiger partial charge is 0.573 e. The zero-order valence-electron chi connectivity index (χ0n) is 22.8. The molecule has 2 aliphatic rings. The molecule has 0 aliphatic carbocycles. The van der Waals surface area contributed by atoms with Gasteiger partial charge in [0.15, 0.2) is 5.75 Å². The minimum atomic E-state index is -5.08. The number of aromatic nitrogens is 1. The van der Waals surface area contributed by atoms with Crippen molar-refractivity contribution in [3.05, 3.63) is 48.3 Å². The number of hydrogen-bond acceptors (Lipinski definition) is 7. The molecule has 17 heteroatoms. The maximum absolute atomic E-state index is 13.3. The number of pyridine rings is 1. The third-order valence-corrected chi connectivity index (χ3v) is 6.44. The second-order valence-corrected chi connectivity index (χ2v) is 9.99. The van der Waals surface area contributed by atoms with Gasteiger partial charge in [-0.25, -0.2) is 14.5 Å². The Labute approximate surface area is 241 Å². The molecule has 1 aromatic carbocycles. The Morgan fingerprint density at radius 1 is 1.02 bits per heavy atom. The lowest BCUT2D eigenvalue weighted by Gasteiger charge is -2.27. The van der Waals surface area contributed by atoms with Crippen LogP contribution >= 0.6 is 0 Å². The highest BCUT2D eigenvalue weighted by Crippen LogP contribution is 2.38. The third-order valence-electron chi connectivity index (χ3n) is 6.44. The Bertz CT molecular complexity index is 1350. The molecule has 0 bridgehead atoms. The summed E-state index contributed by atoms with van der Waals surface area (Å²) in [5, 5.41) is 9.57. The Balaban J connectivity index is 0.000000646. The van der Waals surface area contributed by atoms with Gasteiger partial charge in [-0.3, -0.25) is 19.5 Å². The van der Waals surface area contributed by atoms with Crippen LogP contribution in [0.1, 0.15) is 32.3 Å². The summed E-state index contributed by atoms with van der Waals surface area (Å²) in [6.45, 7) is 4.76. The molecule has 4 rings (SSSR count). The molecule has 2 aromatic rings. The Hall–Kier alpha value is -4.41.